The summed E-state index contributed by atoms with van der Waals surface area (Å²) in [5, 5.41) is 10.3. The highest BCUT2D eigenvalue weighted by Gasteiger charge is 2.07. The smallest absolute Gasteiger partial charge is 0.0998 e. The van der Waals surface area contributed by atoms with Gasteiger partial charge in [-0.05, 0) is 23.6 Å². The molecule has 0 aliphatic carbocycles. The van der Waals surface area contributed by atoms with Crippen molar-refractivity contribution in [2.24, 2.45) is 0 Å². The lowest BCUT2D eigenvalue weighted by Gasteiger charge is -1.98. The number of nitriles is 1. The Hall–Kier alpha value is -2.11. The molecule has 3 aromatic rings. The van der Waals surface area contributed by atoms with Crippen LogP contribution in [0.5, 0.6) is 0 Å². The standard InChI is InChI=1S/C15H9NS/c16-10-12-6-1-3-7-13(12)15-9-11-5-2-4-8-14(11)17-15/h1-9H. The molecule has 0 radical (unpaired) electrons. The van der Waals surface area contributed by atoms with Crippen molar-refractivity contribution in [2.45, 2.75) is 0 Å². The molecular weight excluding hydrogens is 226 g/mol. The van der Waals surface area contributed by atoms with Gasteiger partial charge in [0.25, 0.3) is 0 Å². The Kier molecular flexibility index (Phi) is 2.40. The first-order valence-electron chi connectivity index (χ1n) is 5.36. The van der Waals surface area contributed by atoms with Gasteiger partial charge in [0.05, 0.1) is 11.6 Å². The van der Waals surface area contributed by atoms with E-state index < -0.39 is 0 Å². The van der Waals surface area contributed by atoms with Crippen LogP contribution in [0, 0.1) is 11.3 Å². The second-order valence-corrected chi connectivity index (χ2v) is 4.89. The van der Waals surface area contributed by atoms with E-state index >= 15 is 0 Å². The van der Waals surface area contributed by atoms with Gasteiger partial charge >= 0.3 is 0 Å². The average molecular weight is 235 g/mol. The highest BCUT2D eigenvalue weighted by atomic mass is 32.1. The van der Waals surface area contributed by atoms with Crippen molar-refractivity contribution in [3.05, 3.63) is 60.2 Å². The number of fused-ring (bicyclic) bond motifs is 1. The van der Waals surface area contributed by atoms with Crippen molar-refractivity contribution in [1.29, 1.82) is 5.26 Å². The minimum Gasteiger partial charge on any atom is -0.192 e. The van der Waals surface area contributed by atoms with Crippen LogP contribution in [0.2, 0.25) is 0 Å². The Balaban J connectivity index is 2.25. The quantitative estimate of drug-likeness (QED) is 0.611. The van der Waals surface area contributed by atoms with Gasteiger partial charge in [-0.1, -0.05) is 36.4 Å². The lowest BCUT2D eigenvalue weighted by atomic mass is 10.1. The third kappa shape index (κ3) is 1.71. The molecule has 0 saturated heterocycles. The molecular formula is C15H9NS. The summed E-state index contributed by atoms with van der Waals surface area (Å²) in [6, 6.07) is 20.4. The molecule has 80 valence electrons. The Labute approximate surface area is 104 Å². The molecule has 17 heavy (non-hydrogen) atoms. The first-order valence-corrected chi connectivity index (χ1v) is 6.18. The van der Waals surface area contributed by atoms with E-state index in [0.29, 0.717) is 0 Å². The van der Waals surface area contributed by atoms with Gasteiger partial charge in [0, 0.05) is 15.1 Å². The van der Waals surface area contributed by atoms with Gasteiger partial charge in [-0.15, -0.1) is 11.3 Å². The fourth-order valence-electron chi connectivity index (χ4n) is 1.91. The van der Waals surface area contributed by atoms with Crippen LogP contribution in [0.25, 0.3) is 20.5 Å². The number of hydrogen-bond donors (Lipinski definition) is 0. The van der Waals surface area contributed by atoms with Gasteiger partial charge in [-0.3, -0.25) is 0 Å². The average Bonchev–Trinajstić information content (AvgIpc) is 2.82. The summed E-state index contributed by atoms with van der Waals surface area (Å²) in [5.41, 5.74) is 1.76. The lowest BCUT2D eigenvalue weighted by Crippen LogP contribution is -1.79. The zero-order valence-corrected chi connectivity index (χ0v) is 9.87. The van der Waals surface area contributed by atoms with Crippen molar-refractivity contribution in [2.75, 3.05) is 0 Å². The maximum Gasteiger partial charge on any atom is 0.0998 e. The fourth-order valence-corrected chi connectivity index (χ4v) is 3.01. The van der Waals surface area contributed by atoms with Gasteiger partial charge in [-0.25, -0.2) is 0 Å². The number of benzene rings is 2. The molecule has 0 unspecified atom stereocenters. The molecule has 0 aliphatic rings. The van der Waals surface area contributed by atoms with E-state index in [-0.39, 0.29) is 0 Å². The Morgan fingerprint density at radius 1 is 0.941 bits per heavy atom. The van der Waals surface area contributed by atoms with Crippen molar-refractivity contribution in [1.82, 2.24) is 0 Å². The topological polar surface area (TPSA) is 23.8 Å². The number of rotatable bonds is 1. The molecule has 0 amide bonds. The van der Waals surface area contributed by atoms with Crippen LogP contribution < -0.4 is 0 Å². The molecule has 0 spiro atoms. The van der Waals surface area contributed by atoms with Crippen molar-refractivity contribution in [3.63, 3.8) is 0 Å². The lowest BCUT2D eigenvalue weighted by molar-refractivity contribution is 1.49. The van der Waals surface area contributed by atoms with Gasteiger partial charge in [0.1, 0.15) is 0 Å². The molecule has 3 rings (SSSR count). The normalized spacial score (nSPS) is 10.3. The maximum absolute atomic E-state index is 9.11. The second-order valence-electron chi connectivity index (χ2n) is 3.81. The molecule has 0 atom stereocenters. The summed E-state index contributed by atoms with van der Waals surface area (Å²) in [6.45, 7) is 0. The highest BCUT2D eigenvalue weighted by Crippen LogP contribution is 2.34. The zero-order valence-electron chi connectivity index (χ0n) is 9.05. The Morgan fingerprint density at radius 3 is 2.53 bits per heavy atom. The molecule has 1 aromatic heterocycles. The third-order valence-electron chi connectivity index (χ3n) is 2.74. The van der Waals surface area contributed by atoms with Crippen LogP contribution >= 0.6 is 11.3 Å². The van der Waals surface area contributed by atoms with E-state index in [1.54, 1.807) is 11.3 Å². The van der Waals surface area contributed by atoms with Crippen LogP contribution in [-0.4, -0.2) is 0 Å². The zero-order chi connectivity index (χ0) is 11.7. The summed E-state index contributed by atoms with van der Waals surface area (Å²) in [6.07, 6.45) is 0. The molecule has 2 heteroatoms. The summed E-state index contributed by atoms with van der Waals surface area (Å²) in [7, 11) is 0. The van der Waals surface area contributed by atoms with Crippen molar-refractivity contribution in [3.8, 4) is 16.5 Å². The molecule has 0 saturated carbocycles. The predicted octanol–water partition coefficient (Wildman–Crippen LogP) is 4.44. The third-order valence-corrected chi connectivity index (χ3v) is 3.89. The van der Waals surface area contributed by atoms with E-state index in [4.69, 9.17) is 5.26 Å². The molecule has 0 aliphatic heterocycles. The summed E-state index contributed by atoms with van der Waals surface area (Å²) in [4.78, 5) is 1.16. The van der Waals surface area contributed by atoms with Crippen molar-refractivity contribution < 1.29 is 0 Å². The Bertz CT molecular complexity index is 686. The highest BCUT2D eigenvalue weighted by molar-refractivity contribution is 7.22. The van der Waals surface area contributed by atoms with Crippen LogP contribution in [0.15, 0.2) is 54.6 Å². The van der Waals surface area contributed by atoms with Crippen LogP contribution in [0.1, 0.15) is 5.56 Å². The summed E-state index contributed by atoms with van der Waals surface area (Å²) in [5.74, 6) is 0. The Morgan fingerprint density at radius 2 is 1.71 bits per heavy atom. The fraction of sp³-hybridized carbons (Fsp3) is 0. The van der Waals surface area contributed by atoms with Crippen LogP contribution in [0.3, 0.4) is 0 Å². The molecule has 0 N–H and O–H groups in total. The molecule has 1 heterocycles. The molecule has 0 bridgehead atoms. The van der Waals surface area contributed by atoms with Gasteiger partial charge < -0.3 is 0 Å². The summed E-state index contributed by atoms with van der Waals surface area (Å²) >= 11 is 1.73. The van der Waals surface area contributed by atoms with Gasteiger partial charge in [0.2, 0.25) is 0 Å². The second kappa shape index (κ2) is 4.04. The minimum absolute atomic E-state index is 0.735. The van der Waals surface area contributed by atoms with Crippen LogP contribution in [-0.2, 0) is 0 Å². The predicted molar refractivity (Wildman–Crippen MR) is 72.0 cm³/mol. The van der Waals surface area contributed by atoms with Crippen molar-refractivity contribution >= 4 is 21.4 Å². The van der Waals surface area contributed by atoms with Gasteiger partial charge in [-0.2, -0.15) is 5.26 Å². The van der Waals surface area contributed by atoms with E-state index in [9.17, 15) is 0 Å². The molecule has 0 fully saturated rings. The monoisotopic (exact) mass is 235 g/mol. The first-order chi connectivity index (χ1) is 8.38. The minimum atomic E-state index is 0.735. The van der Waals surface area contributed by atoms with E-state index in [1.807, 2.05) is 36.4 Å². The molecule has 2 aromatic carbocycles. The van der Waals surface area contributed by atoms with Gasteiger partial charge in [0.15, 0.2) is 0 Å². The van der Waals surface area contributed by atoms with Crippen LogP contribution in [0.4, 0.5) is 0 Å². The first kappa shape index (κ1) is 10.1. The number of hydrogen-bond acceptors (Lipinski definition) is 2. The maximum atomic E-state index is 9.11. The molecule has 1 nitrogen and oxygen atoms in total. The largest absolute Gasteiger partial charge is 0.192 e. The number of thiophene rings is 1. The number of nitrogens with zero attached hydrogens (tertiary/aromatic N) is 1. The van der Waals surface area contributed by atoms with E-state index in [2.05, 4.69) is 24.3 Å². The van der Waals surface area contributed by atoms with E-state index in [1.165, 1.54) is 10.1 Å². The van der Waals surface area contributed by atoms with E-state index in [0.717, 1.165) is 16.0 Å². The summed E-state index contributed by atoms with van der Waals surface area (Å²) < 4.78 is 1.26. The SMILES string of the molecule is N#Cc1ccccc1-c1cc2ccccc2s1.